The van der Waals surface area contributed by atoms with Crippen molar-refractivity contribution < 1.29 is 18.0 Å². The van der Waals surface area contributed by atoms with Gasteiger partial charge in [-0.25, -0.2) is 17.9 Å². The summed E-state index contributed by atoms with van der Waals surface area (Å²) in [6, 6.07) is 7.52. The third kappa shape index (κ3) is 4.33. The zero-order chi connectivity index (χ0) is 20.3. The van der Waals surface area contributed by atoms with Crippen LogP contribution in [0.4, 0.5) is 10.6 Å². The Balaban J connectivity index is 1.60. The van der Waals surface area contributed by atoms with E-state index in [-0.39, 0.29) is 16.8 Å². The van der Waals surface area contributed by atoms with Crippen molar-refractivity contribution in [1.29, 1.82) is 0 Å². The predicted molar refractivity (Wildman–Crippen MR) is 104 cm³/mol. The van der Waals surface area contributed by atoms with Crippen LogP contribution in [0.1, 0.15) is 17.3 Å². The summed E-state index contributed by atoms with van der Waals surface area (Å²) in [7, 11) is -3.38. The van der Waals surface area contributed by atoms with E-state index >= 15 is 0 Å². The minimum absolute atomic E-state index is 0.115. The number of rotatable bonds is 4. The van der Waals surface area contributed by atoms with Crippen molar-refractivity contribution in [3.63, 3.8) is 0 Å². The molecule has 1 saturated heterocycles. The fraction of sp³-hybridized carbons (Fsp3) is 0.389. The van der Waals surface area contributed by atoms with Crippen LogP contribution in [0.3, 0.4) is 0 Å². The highest BCUT2D eigenvalue weighted by atomic mass is 32.2. The Morgan fingerprint density at radius 3 is 2.43 bits per heavy atom. The molecule has 0 bridgehead atoms. The molecule has 2 aromatic rings. The van der Waals surface area contributed by atoms with Crippen molar-refractivity contribution in [3.8, 4) is 0 Å². The quantitative estimate of drug-likeness (QED) is 0.825. The first-order chi connectivity index (χ1) is 13.3. The maximum absolute atomic E-state index is 12.7. The number of aryl methyl sites for hydroxylation is 1. The monoisotopic (exact) mass is 405 g/mol. The number of carbonyl (C=O) groups is 2. The molecule has 0 aliphatic carbocycles. The number of nitrogens with zero attached hydrogens (tertiary/aromatic N) is 4. The van der Waals surface area contributed by atoms with Crippen LogP contribution in [0, 0.1) is 0 Å². The van der Waals surface area contributed by atoms with E-state index < -0.39 is 9.84 Å². The number of aromatic nitrogens is 2. The number of urea groups is 1. The second kappa shape index (κ2) is 8.01. The SMILES string of the molecule is CCn1nccc1NC(=O)N1CCN(C(=O)c2cccc(S(C)(=O)=O)c2)CC1. The molecule has 1 aromatic heterocycles. The first kappa shape index (κ1) is 19.9. The van der Waals surface area contributed by atoms with Gasteiger partial charge in [0.2, 0.25) is 0 Å². The number of carbonyl (C=O) groups excluding carboxylic acids is 2. The van der Waals surface area contributed by atoms with Gasteiger partial charge >= 0.3 is 6.03 Å². The summed E-state index contributed by atoms with van der Waals surface area (Å²) < 4.78 is 25.1. The Kier molecular flexibility index (Phi) is 5.68. The molecule has 1 N–H and O–H groups in total. The lowest BCUT2D eigenvalue weighted by Gasteiger charge is -2.34. The Bertz CT molecular complexity index is 977. The van der Waals surface area contributed by atoms with Crippen molar-refractivity contribution in [1.82, 2.24) is 19.6 Å². The third-order valence-corrected chi connectivity index (χ3v) is 5.72. The average Bonchev–Trinajstić information content (AvgIpc) is 3.14. The Hall–Kier alpha value is -2.88. The first-order valence-corrected chi connectivity index (χ1v) is 10.9. The normalized spacial score (nSPS) is 14.8. The van der Waals surface area contributed by atoms with Gasteiger partial charge in [0, 0.05) is 50.6 Å². The number of hydrogen-bond acceptors (Lipinski definition) is 5. The molecular weight excluding hydrogens is 382 g/mol. The van der Waals surface area contributed by atoms with Crippen molar-refractivity contribution in [2.24, 2.45) is 0 Å². The van der Waals surface area contributed by atoms with Gasteiger partial charge in [-0.1, -0.05) is 6.07 Å². The molecule has 1 aliphatic rings. The Labute approximate surface area is 163 Å². The zero-order valence-electron chi connectivity index (χ0n) is 15.8. The van der Waals surface area contributed by atoms with Gasteiger partial charge in [0.05, 0.1) is 11.1 Å². The third-order valence-electron chi connectivity index (χ3n) is 4.61. The molecule has 150 valence electrons. The van der Waals surface area contributed by atoms with Gasteiger partial charge < -0.3 is 9.80 Å². The molecule has 0 spiro atoms. The highest BCUT2D eigenvalue weighted by Crippen LogP contribution is 2.15. The lowest BCUT2D eigenvalue weighted by atomic mass is 10.2. The summed E-state index contributed by atoms with van der Waals surface area (Å²) in [5.74, 6) is 0.387. The molecule has 0 atom stereocenters. The van der Waals surface area contributed by atoms with Crippen LogP contribution in [0.25, 0.3) is 0 Å². The van der Waals surface area contributed by atoms with E-state index in [0.717, 1.165) is 6.26 Å². The summed E-state index contributed by atoms with van der Waals surface area (Å²) in [5, 5.41) is 6.94. The molecule has 3 amide bonds. The van der Waals surface area contributed by atoms with Gasteiger partial charge in [-0.15, -0.1) is 0 Å². The van der Waals surface area contributed by atoms with Gasteiger partial charge in [0.1, 0.15) is 5.82 Å². The van der Waals surface area contributed by atoms with Crippen LogP contribution in [-0.2, 0) is 16.4 Å². The minimum atomic E-state index is -3.38. The lowest BCUT2D eigenvalue weighted by Crippen LogP contribution is -2.51. The molecule has 1 aromatic carbocycles. The second-order valence-electron chi connectivity index (χ2n) is 6.54. The lowest BCUT2D eigenvalue weighted by molar-refractivity contribution is 0.0671. The summed E-state index contributed by atoms with van der Waals surface area (Å²) >= 11 is 0. The van der Waals surface area contributed by atoms with Crippen molar-refractivity contribution in [2.75, 3.05) is 37.8 Å². The summed E-state index contributed by atoms with van der Waals surface area (Å²) in [6.07, 6.45) is 2.73. The Morgan fingerprint density at radius 2 is 1.79 bits per heavy atom. The fourth-order valence-corrected chi connectivity index (χ4v) is 3.70. The van der Waals surface area contributed by atoms with Crippen molar-refractivity contribution in [2.45, 2.75) is 18.4 Å². The number of sulfone groups is 1. The first-order valence-electron chi connectivity index (χ1n) is 8.96. The van der Waals surface area contributed by atoms with Crippen molar-refractivity contribution >= 4 is 27.6 Å². The summed E-state index contributed by atoms with van der Waals surface area (Å²) in [4.78, 5) is 28.5. The van der Waals surface area contributed by atoms with Gasteiger partial charge in [-0.05, 0) is 25.1 Å². The van der Waals surface area contributed by atoms with Gasteiger partial charge in [0.15, 0.2) is 9.84 Å². The topological polar surface area (TPSA) is 105 Å². The zero-order valence-corrected chi connectivity index (χ0v) is 16.6. The number of hydrogen-bond donors (Lipinski definition) is 1. The summed E-state index contributed by atoms with van der Waals surface area (Å²) in [6.45, 7) is 4.13. The molecule has 10 heteroatoms. The van der Waals surface area contributed by atoms with E-state index in [1.807, 2.05) is 6.92 Å². The number of anilines is 1. The van der Waals surface area contributed by atoms with Crippen LogP contribution in [0.2, 0.25) is 0 Å². The minimum Gasteiger partial charge on any atom is -0.335 e. The van der Waals surface area contributed by atoms with E-state index in [1.54, 1.807) is 38.9 Å². The maximum atomic E-state index is 12.7. The van der Waals surface area contributed by atoms with Crippen LogP contribution in [0.15, 0.2) is 41.4 Å². The maximum Gasteiger partial charge on any atom is 0.323 e. The number of piperazine rings is 1. The molecule has 28 heavy (non-hydrogen) atoms. The molecule has 2 heterocycles. The van der Waals surface area contributed by atoms with E-state index in [9.17, 15) is 18.0 Å². The molecule has 9 nitrogen and oxygen atoms in total. The van der Waals surface area contributed by atoms with Crippen LogP contribution in [0.5, 0.6) is 0 Å². The highest BCUT2D eigenvalue weighted by Gasteiger charge is 2.25. The van der Waals surface area contributed by atoms with Gasteiger partial charge in [-0.3, -0.25) is 10.1 Å². The van der Waals surface area contributed by atoms with E-state index in [4.69, 9.17) is 0 Å². The van der Waals surface area contributed by atoms with Crippen LogP contribution >= 0.6 is 0 Å². The van der Waals surface area contributed by atoms with E-state index in [2.05, 4.69) is 10.4 Å². The van der Waals surface area contributed by atoms with Gasteiger partial charge in [0.25, 0.3) is 5.91 Å². The highest BCUT2D eigenvalue weighted by molar-refractivity contribution is 7.90. The smallest absolute Gasteiger partial charge is 0.323 e. The molecule has 3 rings (SSSR count). The average molecular weight is 405 g/mol. The fourth-order valence-electron chi connectivity index (χ4n) is 3.03. The molecule has 0 unspecified atom stereocenters. The molecule has 0 saturated carbocycles. The number of benzene rings is 1. The Morgan fingerprint density at radius 1 is 1.11 bits per heavy atom. The molecular formula is C18H23N5O4S. The standard InChI is InChI=1S/C18H23N5O4S/c1-3-23-16(7-8-19-23)20-18(25)22-11-9-21(10-12-22)17(24)14-5-4-6-15(13-14)28(2,26)27/h4-8,13H,3,9-12H2,1-2H3,(H,20,25). The molecule has 1 fully saturated rings. The largest absolute Gasteiger partial charge is 0.335 e. The number of nitrogens with one attached hydrogen (secondary N) is 1. The summed E-state index contributed by atoms with van der Waals surface area (Å²) in [5.41, 5.74) is 0.327. The molecule has 0 radical (unpaired) electrons. The van der Waals surface area contributed by atoms with Crippen LogP contribution in [-0.4, -0.2) is 72.4 Å². The molecule has 1 aliphatic heterocycles. The number of amides is 3. The van der Waals surface area contributed by atoms with Gasteiger partial charge in [-0.2, -0.15) is 5.10 Å². The van der Waals surface area contributed by atoms with E-state index in [0.29, 0.717) is 44.1 Å². The van der Waals surface area contributed by atoms with Crippen LogP contribution < -0.4 is 5.32 Å². The van der Waals surface area contributed by atoms with Crippen molar-refractivity contribution in [3.05, 3.63) is 42.1 Å². The van der Waals surface area contributed by atoms with E-state index in [1.165, 1.54) is 12.1 Å². The second-order valence-corrected chi connectivity index (χ2v) is 8.56. The predicted octanol–water partition coefficient (Wildman–Crippen LogP) is 1.30.